The number of benzene rings is 2. The number of hydrogen-bond donors (Lipinski definition) is 1. The molecule has 150 valence electrons. The molecule has 0 aliphatic rings. The number of esters is 1. The van der Waals surface area contributed by atoms with Crippen LogP contribution in [0.3, 0.4) is 0 Å². The summed E-state index contributed by atoms with van der Waals surface area (Å²) < 4.78 is 50.2. The summed E-state index contributed by atoms with van der Waals surface area (Å²) >= 11 is 0. The van der Waals surface area contributed by atoms with Crippen molar-refractivity contribution in [1.82, 2.24) is 5.32 Å². The summed E-state index contributed by atoms with van der Waals surface area (Å²) in [4.78, 5) is 23.5. The number of rotatable bonds is 8. The van der Waals surface area contributed by atoms with Crippen molar-refractivity contribution in [1.29, 1.82) is 0 Å². The van der Waals surface area contributed by atoms with Gasteiger partial charge in [-0.25, -0.2) is 4.79 Å². The van der Waals surface area contributed by atoms with Crippen LogP contribution in [0.4, 0.5) is 13.2 Å². The van der Waals surface area contributed by atoms with Gasteiger partial charge in [0.15, 0.2) is 6.61 Å². The van der Waals surface area contributed by atoms with E-state index in [1.807, 2.05) is 25.1 Å². The van der Waals surface area contributed by atoms with Crippen LogP contribution in [0.15, 0.2) is 48.5 Å². The fourth-order valence-electron chi connectivity index (χ4n) is 2.12. The van der Waals surface area contributed by atoms with Gasteiger partial charge >= 0.3 is 12.3 Å². The zero-order valence-corrected chi connectivity index (χ0v) is 14.9. The number of carbonyl (C=O) groups excluding carboxylic acids is 2. The molecule has 0 aromatic heterocycles. The van der Waals surface area contributed by atoms with Gasteiger partial charge in [0.05, 0.1) is 12.1 Å². The Bertz CT molecular complexity index is 806. The molecule has 0 aliphatic heterocycles. The van der Waals surface area contributed by atoms with E-state index in [1.165, 1.54) is 0 Å². The molecule has 28 heavy (non-hydrogen) atoms. The molecule has 0 saturated carbocycles. The van der Waals surface area contributed by atoms with Gasteiger partial charge in [0, 0.05) is 0 Å². The lowest BCUT2D eigenvalue weighted by atomic mass is 10.2. The molecule has 1 amide bonds. The maximum absolute atomic E-state index is 12.1. The monoisotopic (exact) mass is 397 g/mol. The number of carbonyl (C=O) groups is 2. The zero-order valence-electron chi connectivity index (χ0n) is 14.9. The van der Waals surface area contributed by atoms with E-state index in [2.05, 4.69) is 10.1 Å². The zero-order chi connectivity index (χ0) is 20.6. The van der Waals surface area contributed by atoms with Gasteiger partial charge in [-0.3, -0.25) is 4.79 Å². The van der Waals surface area contributed by atoms with Gasteiger partial charge in [-0.05, 0) is 48.9 Å². The van der Waals surface area contributed by atoms with Crippen LogP contribution in [0.1, 0.15) is 15.9 Å². The van der Waals surface area contributed by atoms with Gasteiger partial charge < -0.3 is 19.5 Å². The minimum atomic E-state index is -4.82. The molecular weight excluding hydrogens is 379 g/mol. The highest BCUT2D eigenvalue weighted by molar-refractivity contribution is 5.91. The lowest BCUT2D eigenvalue weighted by Crippen LogP contribution is -2.32. The molecule has 0 bridgehead atoms. The molecule has 6 nitrogen and oxygen atoms in total. The smallest absolute Gasteiger partial charge is 0.492 e. The summed E-state index contributed by atoms with van der Waals surface area (Å²) in [6, 6.07) is 11.6. The Balaban J connectivity index is 1.68. The predicted molar refractivity (Wildman–Crippen MR) is 93.1 cm³/mol. The maximum atomic E-state index is 12.1. The van der Waals surface area contributed by atoms with E-state index in [1.54, 1.807) is 6.07 Å². The first-order chi connectivity index (χ1) is 13.2. The first-order valence-corrected chi connectivity index (χ1v) is 8.22. The summed E-state index contributed by atoms with van der Waals surface area (Å²) in [5, 5.41) is 2.52. The number of halogens is 3. The molecule has 0 radical (unpaired) electrons. The molecule has 2 aromatic carbocycles. The Morgan fingerprint density at radius 2 is 1.75 bits per heavy atom. The first-order valence-electron chi connectivity index (χ1n) is 8.22. The van der Waals surface area contributed by atoms with Crippen LogP contribution < -0.4 is 14.8 Å². The largest absolute Gasteiger partial charge is 0.573 e. The van der Waals surface area contributed by atoms with Gasteiger partial charge in [-0.1, -0.05) is 12.1 Å². The average Bonchev–Trinajstić information content (AvgIpc) is 2.62. The van der Waals surface area contributed by atoms with Crippen molar-refractivity contribution in [2.24, 2.45) is 0 Å². The number of amides is 1. The van der Waals surface area contributed by atoms with Crippen molar-refractivity contribution in [3.05, 3.63) is 59.7 Å². The number of hydrogen-bond acceptors (Lipinski definition) is 5. The van der Waals surface area contributed by atoms with Crippen molar-refractivity contribution in [3.63, 3.8) is 0 Å². The number of nitrogens with one attached hydrogen (secondary N) is 1. The van der Waals surface area contributed by atoms with E-state index in [9.17, 15) is 22.8 Å². The Hall–Kier alpha value is -3.23. The highest BCUT2D eigenvalue weighted by atomic mass is 19.4. The predicted octanol–water partition coefficient (Wildman–Crippen LogP) is 3.25. The third-order valence-electron chi connectivity index (χ3n) is 3.34. The fraction of sp³-hybridized carbons (Fsp3) is 0.263. The second kappa shape index (κ2) is 9.63. The molecule has 0 unspecified atom stereocenters. The van der Waals surface area contributed by atoms with Crippen LogP contribution in [-0.2, 0) is 9.53 Å². The highest BCUT2D eigenvalue weighted by Gasteiger charge is 2.31. The summed E-state index contributed by atoms with van der Waals surface area (Å²) in [6.45, 7) is 1.86. The van der Waals surface area contributed by atoms with Crippen LogP contribution in [0.5, 0.6) is 11.5 Å². The van der Waals surface area contributed by atoms with E-state index in [0.29, 0.717) is 5.75 Å². The minimum absolute atomic E-state index is 0.00916. The lowest BCUT2D eigenvalue weighted by molar-refractivity contribution is -0.274. The number of alkyl halides is 3. The molecule has 1 N–H and O–H groups in total. The molecule has 0 saturated heterocycles. The third kappa shape index (κ3) is 7.56. The molecule has 0 atom stereocenters. The number of aryl methyl sites for hydroxylation is 1. The van der Waals surface area contributed by atoms with Gasteiger partial charge in [0.1, 0.15) is 18.1 Å². The minimum Gasteiger partial charge on any atom is -0.492 e. The summed E-state index contributed by atoms with van der Waals surface area (Å²) in [6.07, 6.45) is -4.82. The van der Waals surface area contributed by atoms with Gasteiger partial charge in [-0.15, -0.1) is 13.2 Å². The number of ether oxygens (including phenoxy) is 3. The van der Waals surface area contributed by atoms with E-state index in [0.717, 1.165) is 29.8 Å². The van der Waals surface area contributed by atoms with Crippen molar-refractivity contribution < 1.29 is 37.0 Å². The second-order valence-electron chi connectivity index (χ2n) is 5.66. The second-order valence-corrected chi connectivity index (χ2v) is 5.66. The fourth-order valence-corrected chi connectivity index (χ4v) is 2.12. The van der Waals surface area contributed by atoms with Crippen LogP contribution >= 0.6 is 0 Å². The van der Waals surface area contributed by atoms with E-state index in [-0.39, 0.29) is 18.7 Å². The van der Waals surface area contributed by atoms with Crippen molar-refractivity contribution in [3.8, 4) is 11.5 Å². The van der Waals surface area contributed by atoms with Gasteiger partial charge in [0.2, 0.25) is 0 Å². The Morgan fingerprint density at radius 1 is 1.04 bits per heavy atom. The SMILES string of the molecule is Cc1cccc(OCCNC(=O)COC(=O)c2ccc(OC(F)(F)F)cc2)c1. The molecule has 2 aromatic rings. The summed E-state index contributed by atoms with van der Waals surface area (Å²) in [5.41, 5.74) is 1.04. The van der Waals surface area contributed by atoms with E-state index in [4.69, 9.17) is 9.47 Å². The first kappa shape index (κ1) is 21.1. The molecule has 0 spiro atoms. The lowest BCUT2D eigenvalue weighted by Gasteiger charge is -2.10. The van der Waals surface area contributed by atoms with Crippen LogP contribution in [0.25, 0.3) is 0 Å². The highest BCUT2D eigenvalue weighted by Crippen LogP contribution is 2.22. The van der Waals surface area contributed by atoms with Crippen LogP contribution in [-0.4, -0.2) is 38.0 Å². The molecule has 0 aliphatic carbocycles. The topological polar surface area (TPSA) is 73.9 Å². The molecule has 0 heterocycles. The summed E-state index contributed by atoms with van der Waals surface area (Å²) in [7, 11) is 0. The molecule has 2 rings (SSSR count). The van der Waals surface area contributed by atoms with Crippen molar-refractivity contribution in [2.75, 3.05) is 19.8 Å². The Morgan fingerprint density at radius 3 is 2.39 bits per heavy atom. The Labute approximate surface area is 159 Å². The third-order valence-corrected chi connectivity index (χ3v) is 3.34. The average molecular weight is 397 g/mol. The van der Waals surface area contributed by atoms with E-state index >= 15 is 0 Å². The van der Waals surface area contributed by atoms with E-state index < -0.39 is 30.6 Å². The Kier molecular flexibility index (Phi) is 7.25. The molecular formula is C19H18F3NO5. The quantitative estimate of drug-likeness (QED) is 0.547. The van der Waals surface area contributed by atoms with Gasteiger partial charge in [-0.2, -0.15) is 0 Å². The molecule has 0 fully saturated rings. The summed E-state index contributed by atoms with van der Waals surface area (Å²) in [5.74, 6) is -1.16. The van der Waals surface area contributed by atoms with Crippen molar-refractivity contribution >= 4 is 11.9 Å². The standard InChI is InChI=1S/C19H18F3NO5/c1-13-3-2-4-16(11-13)26-10-9-23-17(24)12-27-18(25)14-5-7-15(8-6-14)28-19(20,21)22/h2-8,11H,9-10,12H2,1H3,(H,23,24). The maximum Gasteiger partial charge on any atom is 0.573 e. The van der Waals surface area contributed by atoms with Crippen molar-refractivity contribution in [2.45, 2.75) is 13.3 Å². The van der Waals surface area contributed by atoms with Crippen LogP contribution in [0.2, 0.25) is 0 Å². The molecule has 9 heteroatoms. The van der Waals surface area contributed by atoms with Crippen LogP contribution in [0, 0.1) is 6.92 Å². The van der Waals surface area contributed by atoms with Gasteiger partial charge in [0.25, 0.3) is 5.91 Å². The normalized spacial score (nSPS) is 10.9.